The molecule has 0 saturated carbocycles. The molecule has 9 heteroatoms. The van der Waals surface area contributed by atoms with Gasteiger partial charge in [0.1, 0.15) is 5.57 Å². The van der Waals surface area contributed by atoms with Crippen LogP contribution >= 0.6 is 0 Å². The first-order valence-electron chi connectivity index (χ1n) is 10.00. The molecule has 1 aliphatic rings. The maximum Gasteiger partial charge on any atom is 0.335 e. The van der Waals surface area contributed by atoms with Crippen LogP contribution in [0.4, 0.5) is 10.5 Å². The van der Waals surface area contributed by atoms with Gasteiger partial charge in [-0.3, -0.25) is 14.9 Å². The van der Waals surface area contributed by atoms with Gasteiger partial charge >= 0.3 is 12.0 Å². The number of nitrogens with zero attached hydrogens (tertiary/aromatic N) is 1. The molecule has 0 bridgehead atoms. The first-order valence-corrected chi connectivity index (χ1v) is 10.00. The van der Waals surface area contributed by atoms with Gasteiger partial charge in [0.25, 0.3) is 11.8 Å². The van der Waals surface area contributed by atoms with Gasteiger partial charge in [-0.05, 0) is 61.4 Å². The van der Waals surface area contributed by atoms with E-state index in [9.17, 15) is 19.2 Å². The Kier molecular flexibility index (Phi) is 6.89. The van der Waals surface area contributed by atoms with Crippen LogP contribution < -0.4 is 19.7 Å². The van der Waals surface area contributed by atoms with E-state index in [-0.39, 0.29) is 16.8 Å². The predicted molar refractivity (Wildman–Crippen MR) is 116 cm³/mol. The maximum absolute atomic E-state index is 13.0. The number of hydrogen-bond acceptors (Lipinski definition) is 6. The molecule has 1 aliphatic heterocycles. The van der Waals surface area contributed by atoms with E-state index in [1.807, 2.05) is 13.8 Å². The van der Waals surface area contributed by atoms with Gasteiger partial charge in [0.05, 0.1) is 24.5 Å². The van der Waals surface area contributed by atoms with Crippen LogP contribution in [-0.4, -0.2) is 42.1 Å². The molecule has 166 valence electrons. The molecular weight excluding hydrogens is 416 g/mol. The van der Waals surface area contributed by atoms with E-state index in [0.717, 1.165) is 11.3 Å². The summed E-state index contributed by atoms with van der Waals surface area (Å²) in [5.74, 6) is -1.78. The highest BCUT2D eigenvalue weighted by Crippen LogP contribution is 2.30. The van der Waals surface area contributed by atoms with Crippen molar-refractivity contribution < 1.29 is 33.8 Å². The standard InChI is InChI=1S/C23H22N2O7/c1-3-11-32-18-10-5-14(13-19(18)31-4-2)12-17-20(26)24-23(30)25(21(17)27)16-8-6-15(7-9-16)22(28)29/h5-10,12-13H,3-4,11H2,1-2H3,(H,28,29)(H,24,26,30)/b17-12-. The lowest BCUT2D eigenvalue weighted by Crippen LogP contribution is -2.54. The number of imide groups is 2. The van der Waals surface area contributed by atoms with Gasteiger partial charge in [0, 0.05) is 0 Å². The van der Waals surface area contributed by atoms with Gasteiger partial charge < -0.3 is 14.6 Å². The summed E-state index contributed by atoms with van der Waals surface area (Å²) in [5, 5.41) is 11.2. The highest BCUT2D eigenvalue weighted by Gasteiger charge is 2.36. The quantitative estimate of drug-likeness (QED) is 0.479. The van der Waals surface area contributed by atoms with Crippen molar-refractivity contribution in [3.05, 3.63) is 59.2 Å². The lowest BCUT2D eigenvalue weighted by atomic mass is 10.1. The lowest BCUT2D eigenvalue weighted by molar-refractivity contribution is -0.122. The Morgan fingerprint density at radius 2 is 1.75 bits per heavy atom. The molecule has 0 spiro atoms. The average Bonchev–Trinajstić information content (AvgIpc) is 2.76. The molecule has 1 saturated heterocycles. The number of amides is 4. The van der Waals surface area contributed by atoms with Crippen molar-refractivity contribution in [1.29, 1.82) is 0 Å². The molecule has 0 atom stereocenters. The van der Waals surface area contributed by atoms with Crippen molar-refractivity contribution in [1.82, 2.24) is 5.32 Å². The number of benzene rings is 2. The Hall–Kier alpha value is -4.14. The van der Waals surface area contributed by atoms with E-state index in [4.69, 9.17) is 14.6 Å². The van der Waals surface area contributed by atoms with Gasteiger partial charge in [-0.2, -0.15) is 0 Å². The third-order valence-corrected chi connectivity index (χ3v) is 4.51. The van der Waals surface area contributed by atoms with E-state index in [2.05, 4.69) is 5.32 Å². The second-order valence-corrected chi connectivity index (χ2v) is 6.80. The van der Waals surface area contributed by atoms with Crippen LogP contribution in [0, 0.1) is 0 Å². The second kappa shape index (κ2) is 9.78. The van der Waals surface area contributed by atoms with Crippen LogP contribution in [0.5, 0.6) is 11.5 Å². The zero-order chi connectivity index (χ0) is 23.3. The van der Waals surface area contributed by atoms with Crippen LogP contribution in [0.2, 0.25) is 0 Å². The summed E-state index contributed by atoms with van der Waals surface area (Å²) in [6.07, 6.45) is 2.18. The summed E-state index contributed by atoms with van der Waals surface area (Å²) < 4.78 is 11.3. The van der Waals surface area contributed by atoms with Crippen LogP contribution in [0.3, 0.4) is 0 Å². The third kappa shape index (κ3) is 4.77. The van der Waals surface area contributed by atoms with Crippen LogP contribution in [-0.2, 0) is 9.59 Å². The summed E-state index contributed by atoms with van der Waals surface area (Å²) in [7, 11) is 0. The van der Waals surface area contributed by atoms with Gasteiger partial charge in [-0.15, -0.1) is 0 Å². The minimum absolute atomic E-state index is 0.000654. The molecule has 4 amide bonds. The molecule has 1 heterocycles. The molecule has 32 heavy (non-hydrogen) atoms. The fourth-order valence-electron chi connectivity index (χ4n) is 3.03. The van der Waals surface area contributed by atoms with E-state index in [1.54, 1.807) is 18.2 Å². The number of aromatic carboxylic acids is 1. The molecule has 0 unspecified atom stereocenters. The van der Waals surface area contributed by atoms with Gasteiger partial charge in [-0.25, -0.2) is 14.5 Å². The predicted octanol–water partition coefficient (Wildman–Crippen LogP) is 3.24. The second-order valence-electron chi connectivity index (χ2n) is 6.80. The Morgan fingerprint density at radius 1 is 1.03 bits per heavy atom. The lowest BCUT2D eigenvalue weighted by Gasteiger charge is -2.26. The number of hydrogen-bond donors (Lipinski definition) is 2. The number of carboxylic acids is 1. The van der Waals surface area contributed by atoms with E-state index >= 15 is 0 Å². The van der Waals surface area contributed by atoms with E-state index in [1.165, 1.54) is 30.3 Å². The topological polar surface area (TPSA) is 122 Å². The molecule has 0 radical (unpaired) electrons. The zero-order valence-electron chi connectivity index (χ0n) is 17.6. The summed E-state index contributed by atoms with van der Waals surface area (Å²) in [4.78, 5) is 49.5. The number of urea groups is 1. The monoisotopic (exact) mass is 438 g/mol. The van der Waals surface area contributed by atoms with E-state index in [0.29, 0.717) is 30.3 Å². The number of ether oxygens (including phenoxy) is 2. The first kappa shape index (κ1) is 22.5. The van der Waals surface area contributed by atoms with Crippen LogP contribution in [0.15, 0.2) is 48.0 Å². The highest BCUT2D eigenvalue weighted by molar-refractivity contribution is 6.39. The number of anilines is 1. The van der Waals surface area contributed by atoms with Gasteiger partial charge in [0.2, 0.25) is 0 Å². The molecular formula is C23H22N2O7. The van der Waals surface area contributed by atoms with Gasteiger partial charge in [-0.1, -0.05) is 13.0 Å². The van der Waals surface area contributed by atoms with Crippen molar-refractivity contribution in [2.75, 3.05) is 18.1 Å². The molecule has 2 aromatic rings. The number of carbonyl (C=O) groups excluding carboxylic acids is 3. The van der Waals surface area contributed by atoms with Crippen molar-refractivity contribution >= 4 is 35.6 Å². The minimum atomic E-state index is -1.14. The molecule has 3 rings (SSSR count). The Labute approximate surface area is 184 Å². The number of carbonyl (C=O) groups is 4. The van der Waals surface area contributed by atoms with Gasteiger partial charge in [0.15, 0.2) is 11.5 Å². The Bertz CT molecular complexity index is 1090. The van der Waals surface area contributed by atoms with Crippen LogP contribution in [0.25, 0.3) is 6.08 Å². The number of barbiturate groups is 1. The normalized spacial score (nSPS) is 15.0. The molecule has 9 nitrogen and oxygen atoms in total. The molecule has 2 N–H and O–H groups in total. The van der Waals surface area contributed by atoms with Crippen molar-refractivity contribution in [2.24, 2.45) is 0 Å². The highest BCUT2D eigenvalue weighted by atomic mass is 16.5. The van der Waals surface area contributed by atoms with Crippen LogP contribution in [0.1, 0.15) is 36.2 Å². The maximum atomic E-state index is 13.0. The fraction of sp³-hybridized carbons (Fsp3) is 0.217. The smallest absolute Gasteiger partial charge is 0.335 e. The molecule has 2 aromatic carbocycles. The van der Waals surface area contributed by atoms with Crippen molar-refractivity contribution in [2.45, 2.75) is 20.3 Å². The first-order chi connectivity index (χ1) is 15.3. The average molecular weight is 438 g/mol. The summed E-state index contributed by atoms with van der Waals surface area (Å²) in [6.45, 7) is 4.72. The zero-order valence-corrected chi connectivity index (χ0v) is 17.6. The number of rotatable bonds is 8. The summed E-state index contributed by atoms with van der Waals surface area (Å²) in [6, 6.07) is 9.25. The molecule has 0 aliphatic carbocycles. The number of nitrogens with one attached hydrogen (secondary N) is 1. The number of carboxylic acid groups (broad SMARTS) is 1. The molecule has 1 fully saturated rings. The SMILES string of the molecule is CCCOc1ccc(/C=C2/C(=O)NC(=O)N(c3ccc(C(=O)O)cc3)C2=O)cc1OCC. The van der Waals surface area contributed by atoms with Crippen molar-refractivity contribution in [3.8, 4) is 11.5 Å². The van der Waals surface area contributed by atoms with E-state index < -0.39 is 23.8 Å². The fourth-order valence-corrected chi connectivity index (χ4v) is 3.03. The summed E-state index contributed by atoms with van der Waals surface area (Å²) in [5.41, 5.74) is 0.386. The third-order valence-electron chi connectivity index (χ3n) is 4.51. The van der Waals surface area contributed by atoms with Crippen molar-refractivity contribution in [3.63, 3.8) is 0 Å². The Balaban J connectivity index is 1.94. The Morgan fingerprint density at radius 3 is 2.38 bits per heavy atom. The minimum Gasteiger partial charge on any atom is -0.490 e. The molecule has 0 aromatic heterocycles. The largest absolute Gasteiger partial charge is 0.490 e. The summed E-state index contributed by atoms with van der Waals surface area (Å²) >= 11 is 0.